The quantitative estimate of drug-likeness (QED) is 0.0637. The van der Waals surface area contributed by atoms with Crippen molar-refractivity contribution in [2.45, 2.75) is 64.2 Å². The molecule has 1 N–H and O–H groups in total. The van der Waals surface area contributed by atoms with Gasteiger partial charge in [0.2, 0.25) is 0 Å². The van der Waals surface area contributed by atoms with E-state index in [-0.39, 0.29) is 24.2 Å². The molecular formula is C41H50N4O6S. The van der Waals surface area contributed by atoms with E-state index in [9.17, 15) is 14.1 Å². The Morgan fingerprint density at radius 1 is 0.981 bits per heavy atom. The van der Waals surface area contributed by atoms with Crippen molar-refractivity contribution in [2.24, 2.45) is 5.92 Å². The number of esters is 1. The molecular weight excluding hydrogens is 677 g/mol. The molecule has 52 heavy (non-hydrogen) atoms. The van der Waals surface area contributed by atoms with Gasteiger partial charge >= 0.3 is 5.97 Å². The monoisotopic (exact) mass is 726 g/mol. The molecule has 2 heterocycles. The van der Waals surface area contributed by atoms with Crippen LogP contribution in [0.25, 0.3) is 17.2 Å². The molecule has 1 unspecified atom stereocenters. The van der Waals surface area contributed by atoms with Gasteiger partial charge in [-0.05, 0) is 101 Å². The van der Waals surface area contributed by atoms with Crippen LogP contribution in [-0.2, 0) is 42.5 Å². The molecule has 5 rings (SSSR count). The minimum Gasteiger partial charge on any atom is -0.611 e. The van der Waals surface area contributed by atoms with Crippen LogP contribution in [0.4, 0.5) is 11.4 Å². The molecule has 1 amide bonds. The van der Waals surface area contributed by atoms with Crippen molar-refractivity contribution >= 4 is 40.5 Å². The summed E-state index contributed by atoms with van der Waals surface area (Å²) in [5.41, 5.74) is 6.35. The number of benzene rings is 3. The van der Waals surface area contributed by atoms with Gasteiger partial charge in [0.1, 0.15) is 19.0 Å². The average molecular weight is 727 g/mol. The smallest absolute Gasteiger partial charge is 0.302 e. The number of nitrogens with zero attached hydrogens (tertiary/aromatic N) is 3. The van der Waals surface area contributed by atoms with Crippen LogP contribution >= 0.6 is 0 Å². The molecule has 0 bridgehead atoms. The molecule has 0 aliphatic carbocycles. The number of rotatable bonds is 18. The van der Waals surface area contributed by atoms with Crippen LogP contribution in [-0.4, -0.2) is 65.5 Å². The lowest BCUT2D eigenvalue weighted by atomic mass is 10.00. The summed E-state index contributed by atoms with van der Waals surface area (Å²) in [6.45, 7) is 12.0. The Morgan fingerprint density at radius 3 is 2.48 bits per heavy atom. The molecule has 0 saturated heterocycles. The topological polar surface area (TPSA) is 118 Å². The highest BCUT2D eigenvalue weighted by atomic mass is 32.2. The van der Waals surface area contributed by atoms with Crippen molar-refractivity contribution in [3.63, 3.8) is 0 Å². The van der Waals surface area contributed by atoms with Crippen molar-refractivity contribution < 1.29 is 28.4 Å². The highest BCUT2D eigenvalue weighted by Crippen LogP contribution is 2.34. The van der Waals surface area contributed by atoms with Gasteiger partial charge in [0, 0.05) is 43.6 Å². The number of amides is 1. The number of carbonyl (C=O) groups excluding carboxylic acids is 2. The van der Waals surface area contributed by atoms with E-state index in [4.69, 9.17) is 14.2 Å². The maximum atomic E-state index is 13.7. The predicted molar refractivity (Wildman–Crippen MR) is 207 cm³/mol. The van der Waals surface area contributed by atoms with Gasteiger partial charge in [-0.2, -0.15) is 0 Å². The molecule has 0 saturated carbocycles. The number of hydrogen-bond acceptors (Lipinski definition) is 8. The van der Waals surface area contributed by atoms with E-state index in [0.717, 1.165) is 66.4 Å². The molecule has 10 nitrogen and oxygen atoms in total. The minimum atomic E-state index is -1.33. The second kappa shape index (κ2) is 19.3. The van der Waals surface area contributed by atoms with Gasteiger partial charge < -0.3 is 33.5 Å². The molecule has 1 aliphatic rings. The lowest BCUT2D eigenvalue weighted by Crippen LogP contribution is -2.29. The van der Waals surface area contributed by atoms with Gasteiger partial charge in [-0.1, -0.05) is 45.4 Å². The number of fused-ring (bicyclic) bond motifs is 1. The molecule has 0 fully saturated rings. The van der Waals surface area contributed by atoms with Gasteiger partial charge in [-0.3, -0.25) is 9.59 Å². The molecule has 276 valence electrons. The lowest BCUT2D eigenvalue weighted by Gasteiger charge is -2.27. The zero-order valence-corrected chi connectivity index (χ0v) is 31.5. The fourth-order valence-corrected chi connectivity index (χ4v) is 7.09. The summed E-state index contributed by atoms with van der Waals surface area (Å²) in [7, 11) is 0. The predicted octanol–water partition coefficient (Wildman–Crippen LogP) is 7.50. The van der Waals surface area contributed by atoms with Crippen LogP contribution in [0.5, 0.6) is 5.75 Å². The summed E-state index contributed by atoms with van der Waals surface area (Å²) < 4.78 is 31.5. The zero-order valence-electron chi connectivity index (χ0n) is 30.6. The van der Waals surface area contributed by atoms with Crippen LogP contribution in [0.3, 0.4) is 0 Å². The van der Waals surface area contributed by atoms with E-state index < -0.39 is 11.2 Å². The fourth-order valence-electron chi connectivity index (χ4n) is 5.97. The Balaban J connectivity index is 1.25. The molecule has 1 aliphatic heterocycles. The highest BCUT2D eigenvalue weighted by molar-refractivity contribution is 7.90. The highest BCUT2D eigenvalue weighted by Gasteiger charge is 2.22. The summed E-state index contributed by atoms with van der Waals surface area (Å²) in [6.07, 6.45) is 8.10. The Morgan fingerprint density at radius 2 is 1.75 bits per heavy atom. The summed E-state index contributed by atoms with van der Waals surface area (Å²) in [5.74, 6) is 1.02. The fraction of sp³-hybridized carbons (Fsp3) is 0.390. The maximum Gasteiger partial charge on any atom is 0.302 e. The third kappa shape index (κ3) is 11.2. The van der Waals surface area contributed by atoms with Crippen molar-refractivity contribution in [3.8, 4) is 16.9 Å². The Bertz CT molecular complexity index is 1790. The molecule has 0 spiro atoms. The SMILES string of the molecule is CCCCOCCOc1ccc(-c2ccc3c(c2)C=C(C(=O)Nc2ccc([S+]([O-])Cc4cncn4CCOC(C)=O)cc2)CCN3CC(C)C)cc1. The number of anilines is 2. The standard InChI is InChI=1S/C41H50N4O6S/c1-5-6-20-49-22-23-51-38-12-7-32(8-13-38)33-9-16-40-35(24-33)25-34(17-18-44(40)27-30(2)3)41(47)43-36-10-14-39(15-11-36)52(48)28-37-26-42-29-45(37)19-21-50-31(4)46/h7-16,24-26,29-30H,5-6,17-23,27-28H2,1-4H3,(H,43,47). The number of carbonyl (C=O) groups is 2. The maximum absolute atomic E-state index is 13.7. The van der Waals surface area contributed by atoms with E-state index in [1.807, 2.05) is 22.8 Å². The van der Waals surface area contributed by atoms with E-state index in [2.05, 4.69) is 66.3 Å². The summed E-state index contributed by atoms with van der Waals surface area (Å²) in [5, 5.41) is 3.06. The van der Waals surface area contributed by atoms with Gasteiger partial charge in [0.15, 0.2) is 10.6 Å². The zero-order chi connectivity index (χ0) is 36.9. The summed E-state index contributed by atoms with van der Waals surface area (Å²) in [6, 6.07) is 21.7. The second-order valence-corrected chi connectivity index (χ2v) is 14.7. The second-order valence-electron chi connectivity index (χ2n) is 13.3. The van der Waals surface area contributed by atoms with Crippen molar-refractivity contribution in [1.29, 1.82) is 0 Å². The van der Waals surface area contributed by atoms with E-state index in [1.54, 1.807) is 36.8 Å². The van der Waals surface area contributed by atoms with Crippen LogP contribution < -0.4 is 15.0 Å². The van der Waals surface area contributed by atoms with E-state index in [0.29, 0.717) is 48.3 Å². The molecule has 3 aromatic carbocycles. The number of ether oxygens (including phenoxy) is 3. The van der Waals surface area contributed by atoms with Gasteiger partial charge in [-0.15, -0.1) is 0 Å². The van der Waals surface area contributed by atoms with Crippen molar-refractivity contribution in [3.05, 3.63) is 96.1 Å². The number of nitrogens with one attached hydrogen (secondary N) is 1. The number of aromatic nitrogens is 2. The summed E-state index contributed by atoms with van der Waals surface area (Å²) >= 11 is -1.33. The Kier molecular flexibility index (Phi) is 14.4. The number of hydrogen-bond donors (Lipinski definition) is 1. The molecule has 4 aromatic rings. The summed E-state index contributed by atoms with van der Waals surface area (Å²) in [4.78, 5) is 32.0. The van der Waals surface area contributed by atoms with Gasteiger partial charge in [0.05, 0.1) is 31.4 Å². The van der Waals surface area contributed by atoms with Gasteiger partial charge in [-0.25, -0.2) is 4.98 Å². The van der Waals surface area contributed by atoms with Crippen LogP contribution in [0.2, 0.25) is 0 Å². The first-order chi connectivity index (χ1) is 25.2. The van der Waals surface area contributed by atoms with Crippen molar-refractivity contribution in [1.82, 2.24) is 9.55 Å². The van der Waals surface area contributed by atoms with Gasteiger partial charge in [0.25, 0.3) is 5.91 Å². The minimum absolute atomic E-state index is 0.159. The molecule has 1 aromatic heterocycles. The average Bonchev–Trinajstić information content (AvgIpc) is 3.48. The van der Waals surface area contributed by atoms with Crippen LogP contribution in [0.15, 0.2) is 89.7 Å². The van der Waals surface area contributed by atoms with Crippen molar-refractivity contribution in [2.75, 3.05) is 49.7 Å². The third-order valence-electron chi connectivity index (χ3n) is 8.64. The third-order valence-corrected chi connectivity index (χ3v) is 10.00. The van der Waals surface area contributed by atoms with Crippen LogP contribution in [0.1, 0.15) is 58.2 Å². The first-order valence-electron chi connectivity index (χ1n) is 18.0. The van der Waals surface area contributed by atoms with E-state index in [1.165, 1.54) is 6.92 Å². The molecule has 1 atom stereocenters. The molecule has 11 heteroatoms. The Hall–Kier alpha value is -4.58. The lowest BCUT2D eigenvalue weighted by molar-refractivity contribution is -0.141. The van der Waals surface area contributed by atoms with E-state index >= 15 is 0 Å². The number of imidazole rings is 1. The normalized spacial score (nSPS) is 13.3. The van der Waals surface area contributed by atoms with Crippen LogP contribution in [0, 0.1) is 5.92 Å². The number of unbranched alkanes of at least 4 members (excludes halogenated alkanes) is 1. The first kappa shape index (κ1) is 38.6. The molecule has 0 radical (unpaired) electrons. The first-order valence-corrected chi connectivity index (χ1v) is 19.3. The Labute approximate surface area is 310 Å². The largest absolute Gasteiger partial charge is 0.611 e.